The Morgan fingerprint density at radius 3 is 2.54 bits per heavy atom. The molecule has 1 N–H and O–H groups in total. The van der Waals surface area contributed by atoms with Crippen molar-refractivity contribution in [1.82, 2.24) is 10.2 Å². The second-order valence-corrected chi connectivity index (χ2v) is 8.72. The summed E-state index contributed by atoms with van der Waals surface area (Å²) in [5, 5.41) is 2.16. The first-order valence-corrected chi connectivity index (χ1v) is 10.0. The number of rotatable bonds is 2. The highest BCUT2D eigenvalue weighted by atomic mass is 32.2. The van der Waals surface area contributed by atoms with Crippen molar-refractivity contribution in [3.8, 4) is 0 Å². The molecular weight excluding hydrogens is 328 g/mol. The smallest absolute Gasteiger partial charge is 0.227 e. The van der Waals surface area contributed by atoms with Crippen molar-refractivity contribution in [2.45, 2.75) is 24.5 Å². The predicted octanol–water partition coefficient (Wildman–Crippen LogP) is 0.901. The first-order valence-electron chi connectivity index (χ1n) is 8.29. The molecule has 2 aliphatic rings. The van der Waals surface area contributed by atoms with Crippen molar-refractivity contribution in [2.24, 2.45) is 5.92 Å². The van der Waals surface area contributed by atoms with Gasteiger partial charge >= 0.3 is 0 Å². The molecule has 3 rings (SSSR count). The van der Waals surface area contributed by atoms with Gasteiger partial charge in [-0.3, -0.25) is 9.59 Å². The molecule has 0 aliphatic carbocycles. The fraction of sp³-hybridized carbons (Fsp3) is 0.529. The van der Waals surface area contributed by atoms with E-state index in [-0.39, 0.29) is 30.0 Å². The van der Waals surface area contributed by atoms with Gasteiger partial charge in [0.15, 0.2) is 9.84 Å². The van der Waals surface area contributed by atoms with Gasteiger partial charge in [-0.1, -0.05) is 30.3 Å². The molecule has 0 spiro atoms. The van der Waals surface area contributed by atoms with Crippen LogP contribution in [0.2, 0.25) is 0 Å². The minimum Gasteiger partial charge on any atom is -0.355 e. The van der Waals surface area contributed by atoms with Crippen molar-refractivity contribution in [3.05, 3.63) is 35.9 Å². The third kappa shape index (κ3) is 3.61. The van der Waals surface area contributed by atoms with Gasteiger partial charge in [0.2, 0.25) is 11.8 Å². The van der Waals surface area contributed by atoms with Crippen LogP contribution in [0.1, 0.15) is 30.1 Å². The fourth-order valence-corrected chi connectivity index (χ4v) is 5.20. The number of amides is 2. The topological polar surface area (TPSA) is 83.6 Å². The number of hydrogen-bond donors (Lipinski definition) is 1. The van der Waals surface area contributed by atoms with Crippen LogP contribution in [-0.2, 0) is 19.4 Å². The average Bonchev–Trinajstić information content (AvgIpc) is 2.74. The second kappa shape index (κ2) is 6.93. The summed E-state index contributed by atoms with van der Waals surface area (Å²) in [5.41, 5.74) is 0.789. The van der Waals surface area contributed by atoms with Gasteiger partial charge in [0.1, 0.15) is 0 Å². The molecular formula is C17H22N2O4S. The van der Waals surface area contributed by atoms with Crippen LogP contribution in [0.15, 0.2) is 30.3 Å². The van der Waals surface area contributed by atoms with Gasteiger partial charge in [-0.15, -0.1) is 0 Å². The van der Waals surface area contributed by atoms with E-state index in [2.05, 4.69) is 5.32 Å². The van der Waals surface area contributed by atoms with E-state index < -0.39 is 15.1 Å². The highest BCUT2D eigenvalue weighted by molar-refractivity contribution is 7.91. The maximum Gasteiger partial charge on any atom is 0.227 e. The van der Waals surface area contributed by atoms with E-state index in [1.165, 1.54) is 0 Å². The highest BCUT2D eigenvalue weighted by Crippen LogP contribution is 2.30. The van der Waals surface area contributed by atoms with Gasteiger partial charge in [-0.05, 0) is 18.4 Å². The third-order valence-electron chi connectivity index (χ3n) is 4.84. The number of nitrogens with zero attached hydrogens (tertiary/aromatic N) is 1. The monoisotopic (exact) mass is 350 g/mol. The molecule has 0 radical (unpaired) electrons. The minimum atomic E-state index is -3.28. The van der Waals surface area contributed by atoms with Crippen molar-refractivity contribution in [3.63, 3.8) is 0 Å². The summed E-state index contributed by atoms with van der Waals surface area (Å²) in [5.74, 6) is -0.323. The van der Waals surface area contributed by atoms with E-state index in [1.54, 1.807) is 4.90 Å². The Hall–Kier alpha value is -1.89. The van der Waals surface area contributed by atoms with Gasteiger partial charge in [0.05, 0.1) is 16.9 Å². The summed E-state index contributed by atoms with van der Waals surface area (Å²) >= 11 is 0. The predicted molar refractivity (Wildman–Crippen MR) is 89.9 cm³/mol. The number of piperidine rings is 1. The van der Waals surface area contributed by atoms with Gasteiger partial charge in [-0.2, -0.15) is 0 Å². The van der Waals surface area contributed by atoms with E-state index in [9.17, 15) is 18.0 Å². The molecule has 2 unspecified atom stereocenters. The first-order chi connectivity index (χ1) is 11.5. The summed E-state index contributed by atoms with van der Waals surface area (Å²) in [6, 6.07) is 9.19. The summed E-state index contributed by atoms with van der Waals surface area (Å²) in [7, 11) is -3.28. The molecule has 2 amide bonds. The number of benzene rings is 1. The quantitative estimate of drug-likeness (QED) is 0.859. The minimum absolute atomic E-state index is 0.0165. The molecule has 7 heteroatoms. The van der Waals surface area contributed by atoms with Gasteiger partial charge < -0.3 is 10.2 Å². The van der Waals surface area contributed by atoms with Crippen molar-refractivity contribution in [2.75, 3.05) is 25.4 Å². The normalized spacial score (nSPS) is 27.2. The van der Waals surface area contributed by atoms with E-state index >= 15 is 0 Å². The van der Waals surface area contributed by atoms with Gasteiger partial charge in [-0.25, -0.2) is 8.42 Å². The zero-order valence-electron chi connectivity index (χ0n) is 13.5. The molecule has 1 aromatic carbocycles. The number of carbonyl (C=O) groups excluding carboxylic acids is 2. The molecule has 24 heavy (non-hydrogen) atoms. The fourth-order valence-electron chi connectivity index (χ4n) is 3.41. The molecule has 2 saturated heterocycles. The number of sulfone groups is 1. The number of carbonyl (C=O) groups is 2. The Balaban J connectivity index is 1.72. The lowest BCUT2D eigenvalue weighted by Gasteiger charge is -2.28. The average molecular weight is 350 g/mol. The van der Waals surface area contributed by atoms with Gasteiger partial charge in [0, 0.05) is 26.1 Å². The summed E-state index contributed by atoms with van der Waals surface area (Å²) in [6.45, 7) is 1.01. The molecule has 0 bridgehead atoms. The standard InChI is InChI=1S/C17H22N2O4S/c20-16-7-6-14(12-18-16)17(21)19-9-8-15(24(22,23)11-10-19)13-4-2-1-3-5-13/h1-5,14-15H,6-12H2,(H,18,20). The SMILES string of the molecule is O=C1CCC(C(=O)N2CCC(c3ccccc3)S(=O)(=O)CC2)CN1. The molecule has 0 saturated carbocycles. The van der Waals surface area contributed by atoms with Crippen LogP contribution >= 0.6 is 0 Å². The van der Waals surface area contributed by atoms with Crippen LogP contribution in [0.4, 0.5) is 0 Å². The van der Waals surface area contributed by atoms with Crippen molar-refractivity contribution >= 4 is 21.7 Å². The molecule has 6 nitrogen and oxygen atoms in total. The van der Waals surface area contributed by atoms with Crippen LogP contribution in [-0.4, -0.2) is 50.5 Å². The molecule has 2 heterocycles. The number of hydrogen-bond acceptors (Lipinski definition) is 4. The largest absolute Gasteiger partial charge is 0.355 e. The van der Waals surface area contributed by atoms with Crippen LogP contribution in [0.5, 0.6) is 0 Å². The zero-order valence-corrected chi connectivity index (χ0v) is 14.3. The second-order valence-electron chi connectivity index (χ2n) is 6.42. The molecule has 130 valence electrons. The van der Waals surface area contributed by atoms with E-state index in [1.807, 2.05) is 30.3 Å². The first kappa shape index (κ1) is 17.0. The van der Waals surface area contributed by atoms with Gasteiger partial charge in [0.25, 0.3) is 0 Å². The molecule has 2 atom stereocenters. The lowest BCUT2D eigenvalue weighted by atomic mass is 9.97. The van der Waals surface area contributed by atoms with Crippen molar-refractivity contribution < 1.29 is 18.0 Å². The Labute approximate surface area is 142 Å². The van der Waals surface area contributed by atoms with E-state index in [0.29, 0.717) is 32.4 Å². The van der Waals surface area contributed by atoms with E-state index in [4.69, 9.17) is 0 Å². The molecule has 1 aromatic rings. The Kier molecular flexibility index (Phi) is 4.89. The summed E-state index contributed by atoms with van der Waals surface area (Å²) in [4.78, 5) is 25.5. The molecule has 0 aromatic heterocycles. The Bertz CT molecular complexity index is 707. The van der Waals surface area contributed by atoms with Crippen molar-refractivity contribution in [1.29, 1.82) is 0 Å². The maximum atomic E-state index is 12.6. The molecule has 2 fully saturated rings. The molecule has 2 aliphatic heterocycles. The highest BCUT2D eigenvalue weighted by Gasteiger charge is 2.35. The lowest BCUT2D eigenvalue weighted by molar-refractivity contribution is -0.137. The van der Waals surface area contributed by atoms with Crippen LogP contribution in [0, 0.1) is 5.92 Å². The maximum absolute atomic E-state index is 12.6. The van der Waals surface area contributed by atoms with E-state index in [0.717, 1.165) is 5.56 Å². The van der Waals surface area contributed by atoms with Crippen LogP contribution < -0.4 is 5.32 Å². The third-order valence-corrected chi connectivity index (χ3v) is 6.96. The zero-order chi connectivity index (χ0) is 17.2. The Morgan fingerprint density at radius 1 is 1.12 bits per heavy atom. The Morgan fingerprint density at radius 2 is 1.88 bits per heavy atom. The summed E-state index contributed by atoms with van der Waals surface area (Å²) in [6.07, 6.45) is 1.31. The van der Waals surface area contributed by atoms with Crippen LogP contribution in [0.3, 0.4) is 0 Å². The number of nitrogens with one attached hydrogen (secondary N) is 1. The van der Waals surface area contributed by atoms with Crippen LogP contribution in [0.25, 0.3) is 0 Å². The lowest BCUT2D eigenvalue weighted by Crippen LogP contribution is -2.45. The summed E-state index contributed by atoms with van der Waals surface area (Å²) < 4.78 is 25.2.